The van der Waals surface area contributed by atoms with Crippen molar-refractivity contribution in [3.8, 4) is 39.8 Å². The fourth-order valence-electron chi connectivity index (χ4n) is 14.4. The fraction of sp³-hybridized carbons (Fsp3) is 0.164. The van der Waals surface area contributed by atoms with E-state index in [9.17, 15) is 0 Å². The first-order chi connectivity index (χ1) is 35.0. The van der Waals surface area contributed by atoms with Crippen molar-refractivity contribution in [2.24, 2.45) is 0 Å². The van der Waals surface area contributed by atoms with Gasteiger partial charge >= 0.3 is 0 Å². The smallest absolute Gasteiger partial charge is 0.238 e. The highest BCUT2D eigenvalue weighted by Crippen LogP contribution is 2.56. The maximum absolute atomic E-state index is 5.86. The molecule has 0 fully saturated rings. The molecule has 0 amide bonds. The summed E-state index contributed by atoms with van der Waals surface area (Å²) in [6.45, 7) is 14.3. The molecule has 0 bridgehead atoms. The highest BCUT2D eigenvalue weighted by molar-refractivity contribution is 6.13. The SMILES string of the molecule is CC1(C)C2=Cc3c(c4ccccc4n3-c3cc(-n4c5ccccc5c5cc6c(cc54)C(C)(C)c4ccccc4-6)nc(-n4c5ccccc5c5cc6c(cc54)C(C)(C)c4ccccc4-6)n3)CC2c2ccccc21. The Kier molecular flexibility index (Phi) is 7.62. The average molecular weight is 926 g/mol. The maximum atomic E-state index is 5.86. The summed E-state index contributed by atoms with van der Waals surface area (Å²) in [6, 6.07) is 65.8. The lowest BCUT2D eigenvalue weighted by molar-refractivity contribution is 0.613. The summed E-state index contributed by atoms with van der Waals surface area (Å²) >= 11 is 0. The molecule has 0 spiro atoms. The minimum atomic E-state index is -0.186. The van der Waals surface area contributed by atoms with Gasteiger partial charge in [0.1, 0.15) is 11.6 Å². The second-order valence-corrected chi connectivity index (χ2v) is 22.5. The lowest BCUT2D eigenvalue weighted by Crippen LogP contribution is -2.20. The van der Waals surface area contributed by atoms with Gasteiger partial charge in [0.05, 0.1) is 33.3 Å². The van der Waals surface area contributed by atoms with Crippen LogP contribution in [0.1, 0.15) is 92.1 Å². The van der Waals surface area contributed by atoms with Gasteiger partial charge < -0.3 is 0 Å². The third-order valence-electron chi connectivity index (χ3n) is 17.9. The van der Waals surface area contributed by atoms with Crippen molar-refractivity contribution >= 4 is 60.6 Å². The highest BCUT2D eigenvalue weighted by atomic mass is 15.2. The second-order valence-electron chi connectivity index (χ2n) is 22.5. The molecule has 4 aromatic heterocycles. The third kappa shape index (κ3) is 4.98. The standard InChI is InChI=1S/C67H51N5/c1-65(2)50-25-13-7-19-38(50)44-31-47-41-22-10-16-28-56(41)70(59(47)34-53(44)65)62-37-63(71-57-29-17-11-23-42(57)48-32-45-39-20-8-14-26-51(39)66(3,4)54(45)35-60(48)71)69-64(68-62)72-58-30-18-12-24-43(58)49-33-46-40-21-9-15-27-52(40)67(5,6)55(46)36-61(49)72/h7-31,33-37,45H,32H2,1-6H3. The van der Waals surface area contributed by atoms with Gasteiger partial charge in [-0.3, -0.25) is 13.7 Å². The molecule has 1 unspecified atom stereocenters. The maximum Gasteiger partial charge on any atom is 0.238 e. The van der Waals surface area contributed by atoms with E-state index in [4.69, 9.17) is 9.97 Å². The van der Waals surface area contributed by atoms with E-state index in [-0.39, 0.29) is 16.2 Å². The molecule has 0 saturated heterocycles. The number of aromatic nitrogens is 5. The summed E-state index contributed by atoms with van der Waals surface area (Å²) in [5, 5.41) is 6.08. The minimum absolute atomic E-state index is 0.116. The van der Waals surface area contributed by atoms with Gasteiger partial charge in [0, 0.05) is 55.2 Å². The van der Waals surface area contributed by atoms with Crippen molar-refractivity contribution in [1.82, 2.24) is 23.7 Å². The molecule has 0 radical (unpaired) electrons. The number of hydrogen-bond donors (Lipinski definition) is 0. The molecule has 344 valence electrons. The van der Waals surface area contributed by atoms with Crippen LogP contribution in [0.3, 0.4) is 0 Å². The van der Waals surface area contributed by atoms with Crippen molar-refractivity contribution in [3.63, 3.8) is 0 Å². The number of fused-ring (bicyclic) bond motifs is 18. The zero-order chi connectivity index (χ0) is 48.2. The Morgan fingerprint density at radius 3 is 1.47 bits per heavy atom. The Morgan fingerprint density at radius 1 is 0.389 bits per heavy atom. The Bertz CT molecular complexity index is 4270. The van der Waals surface area contributed by atoms with Crippen molar-refractivity contribution in [2.45, 2.75) is 70.1 Å². The van der Waals surface area contributed by atoms with Gasteiger partial charge in [0.25, 0.3) is 0 Å². The van der Waals surface area contributed by atoms with Crippen molar-refractivity contribution < 1.29 is 0 Å². The van der Waals surface area contributed by atoms with Crippen LogP contribution in [-0.4, -0.2) is 23.7 Å². The van der Waals surface area contributed by atoms with E-state index in [1.54, 1.807) is 0 Å². The van der Waals surface area contributed by atoms with Gasteiger partial charge in [0.2, 0.25) is 5.95 Å². The normalized spacial score (nSPS) is 17.2. The zero-order valence-corrected chi connectivity index (χ0v) is 41.3. The molecule has 1 atom stereocenters. The number of para-hydroxylation sites is 3. The summed E-state index contributed by atoms with van der Waals surface area (Å²) in [4.78, 5) is 11.7. The van der Waals surface area contributed by atoms with Crippen molar-refractivity contribution in [2.75, 3.05) is 0 Å². The van der Waals surface area contributed by atoms with E-state index >= 15 is 0 Å². The van der Waals surface area contributed by atoms with Crippen LogP contribution in [0.2, 0.25) is 0 Å². The average Bonchev–Trinajstić information content (AvgIpc) is 4.18. The van der Waals surface area contributed by atoms with E-state index in [0.717, 1.165) is 45.6 Å². The Balaban J connectivity index is 1.02. The van der Waals surface area contributed by atoms with E-state index in [1.165, 1.54) is 99.4 Å². The minimum Gasteiger partial charge on any atom is -0.294 e. The number of hydrogen-bond acceptors (Lipinski definition) is 2. The molecule has 5 nitrogen and oxygen atoms in total. The Hall–Kier alpha value is -8.28. The summed E-state index contributed by atoms with van der Waals surface area (Å²) in [7, 11) is 0. The first kappa shape index (κ1) is 40.4. The number of nitrogens with zero attached hydrogens (tertiary/aromatic N) is 5. The molecule has 4 heterocycles. The van der Waals surface area contributed by atoms with Gasteiger partial charge in [-0.25, -0.2) is 0 Å². The van der Waals surface area contributed by atoms with Crippen LogP contribution >= 0.6 is 0 Å². The molecule has 12 aromatic rings. The molecule has 8 aromatic carbocycles. The van der Waals surface area contributed by atoms with Gasteiger partial charge in [0.15, 0.2) is 0 Å². The lowest BCUT2D eigenvalue weighted by Gasteiger charge is -2.28. The molecule has 4 aliphatic rings. The Labute approximate surface area is 418 Å². The van der Waals surface area contributed by atoms with Crippen molar-refractivity contribution in [3.05, 3.63) is 226 Å². The van der Waals surface area contributed by atoms with E-state index < -0.39 is 0 Å². The van der Waals surface area contributed by atoms with Crippen LogP contribution in [0.5, 0.6) is 0 Å². The summed E-state index contributed by atoms with van der Waals surface area (Å²) < 4.78 is 7.23. The molecule has 16 rings (SSSR count). The molecular weight excluding hydrogens is 875 g/mol. The largest absolute Gasteiger partial charge is 0.294 e. The summed E-state index contributed by atoms with van der Waals surface area (Å²) in [6.07, 6.45) is 3.46. The molecule has 0 N–H and O–H groups in total. The first-order valence-electron chi connectivity index (χ1n) is 25.7. The van der Waals surface area contributed by atoms with Gasteiger partial charge in [-0.1, -0.05) is 175 Å². The molecule has 5 heteroatoms. The van der Waals surface area contributed by atoms with Gasteiger partial charge in [-0.15, -0.1) is 0 Å². The number of rotatable bonds is 3. The quantitative estimate of drug-likeness (QED) is 0.177. The third-order valence-corrected chi connectivity index (χ3v) is 17.9. The van der Waals surface area contributed by atoms with Crippen LogP contribution in [-0.2, 0) is 22.7 Å². The summed E-state index contributed by atoms with van der Waals surface area (Å²) in [5.41, 5.74) is 22.7. The topological polar surface area (TPSA) is 40.6 Å². The zero-order valence-electron chi connectivity index (χ0n) is 41.3. The number of benzene rings is 8. The summed E-state index contributed by atoms with van der Waals surface area (Å²) in [5.74, 6) is 2.64. The predicted octanol–water partition coefficient (Wildman–Crippen LogP) is 16.2. The number of allylic oxidation sites excluding steroid dienone is 1. The van der Waals surface area contributed by atoms with Crippen LogP contribution in [0, 0.1) is 0 Å². The van der Waals surface area contributed by atoms with E-state index in [0.29, 0.717) is 11.9 Å². The lowest BCUT2D eigenvalue weighted by atomic mass is 9.76. The Morgan fingerprint density at radius 2 is 0.861 bits per heavy atom. The van der Waals surface area contributed by atoms with Crippen molar-refractivity contribution in [1.29, 1.82) is 0 Å². The van der Waals surface area contributed by atoms with Crippen LogP contribution in [0.4, 0.5) is 0 Å². The van der Waals surface area contributed by atoms with E-state index in [1.807, 2.05) is 0 Å². The van der Waals surface area contributed by atoms with Crippen LogP contribution in [0.15, 0.2) is 181 Å². The first-order valence-corrected chi connectivity index (χ1v) is 25.7. The monoisotopic (exact) mass is 925 g/mol. The molecular formula is C67H51N5. The molecule has 0 aliphatic heterocycles. The van der Waals surface area contributed by atoms with Gasteiger partial charge in [-0.05, 0) is 116 Å². The molecule has 72 heavy (non-hydrogen) atoms. The molecule has 0 saturated carbocycles. The van der Waals surface area contributed by atoms with Crippen LogP contribution in [0.25, 0.3) is 100 Å². The van der Waals surface area contributed by atoms with Crippen LogP contribution < -0.4 is 0 Å². The predicted molar refractivity (Wildman–Crippen MR) is 297 cm³/mol. The molecule has 4 aliphatic carbocycles. The van der Waals surface area contributed by atoms with E-state index in [2.05, 4.69) is 237 Å². The van der Waals surface area contributed by atoms with Gasteiger partial charge in [-0.2, -0.15) is 9.97 Å². The highest BCUT2D eigenvalue weighted by Gasteiger charge is 2.45. The second kappa shape index (κ2) is 13.6. The fourth-order valence-corrected chi connectivity index (χ4v) is 14.4.